The van der Waals surface area contributed by atoms with E-state index in [0.29, 0.717) is 0 Å². The van der Waals surface area contributed by atoms with Crippen molar-refractivity contribution in [3.63, 3.8) is 0 Å². The number of hydrogen-bond donors (Lipinski definition) is 0. The zero-order valence-corrected chi connectivity index (χ0v) is 33.0. The first-order chi connectivity index (χ1) is 29.8. The summed E-state index contributed by atoms with van der Waals surface area (Å²) in [6, 6.07) is 87.8. The maximum atomic E-state index is 2.44. The Balaban J connectivity index is 1.07. The highest BCUT2D eigenvalue weighted by Gasteiger charge is 2.23. The highest BCUT2D eigenvalue weighted by atomic mass is 15.1. The third-order valence-corrected chi connectivity index (χ3v) is 11.8. The quantitative estimate of drug-likeness (QED) is 0.150. The van der Waals surface area contributed by atoms with E-state index >= 15 is 0 Å². The molecule has 1 heterocycles. The molecule has 10 aromatic carbocycles. The van der Waals surface area contributed by atoms with Crippen molar-refractivity contribution in [3.05, 3.63) is 243 Å². The fraction of sp³-hybridized carbons (Fsp3) is 0. The van der Waals surface area contributed by atoms with Crippen LogP contribution in [0, 0.1) is 0 Å². The first-order valence-corrected chi connectivity index (χ1v) is 20.6. The second-order valence-corrected chi connectivity index (χ2v) is 15.3. The van der Waals surface area contributed by atoms with Crippen LogP contribution in [0.25, 0.3) is 82.8 Å². The van der Waals surface area contributed by atoms with Crippen LogP contribution < -0.4 is 4.90 Å². The van der Waals surface area contributed by atoms with E-state index in [1.807, 2.05) is 0 Å². The minimum absolute atomic E-state index is 1.08. The standard InChI is InChI=1S/C58H40N2/c1-3-17-44(18-4-1)50-24-9-12-29-54(50)59(47-39-37-42(38-40-47)41-33-35-45(36-34-41)49-27-15-20-43-19-7-8-23-48(43)49)55-30-13-10-25-51(55)52-28-16-32-57-58(52)53-26-11-14-31-56(53)60(57)46-21-5-2-6-22-46/h1-40H. The predicted molar refractivity (Wildman–Crippen MR) is 255 cm³/mol. The molecule has 0 amide bonds. The van der Waals surface area contributed by atoms with Crippen molar-refractivity contribution in [3.8, 4) is 50.2 Å². The number of para-hydroxylation sites is 4. The van der Waals surface area contributed by atoms with Gasteiger partial charge in [0, 0.05) is 33.3 Å². The molecule has 1 aromatic heterocycles. The molecule has 0 spiro atoms. The van der Waals surface area contributed by atoms with Gasteiger partial charge in [0.05, 0.1) is 22.4 Å². The summed E-state index contributed by atoms with van der Waals surface area (Å²) >= 11 is 0. The fourth-order valence-electron chi connectivity index (χ4n) is 9.06. The van der Waals surface area contributed by atoms with E-state index in [0.717, 1.165) is 28.3 Å². The van der Waals surface area contributed by atoms with Crippen LogP contribution in [0.15, 0.2) is 243 Å². The Kier molecular flexibility index (Phi) is 8.87. The molecule has 0 saturated heterocycles. The normalized spacial score (nSPS) is 11.3. The summed E-state index contributed by atoms with van der Waals surface area (Å²) in [5.74, 6) is 0. The van der Waals surface area contributed by atoms with Crippen LogP contribution in [0.1, 0.15) is 0 Å². The molecule has 60 heavy (non-hydrogen) atoms. The van der Waals surface area contributed by atoms with Crippen LogP contribution in [0.2, 0.25) is 0 Å². The molecular formula is C58H40N2. The SMILES string of the molecule is c1ccc(-c2ccccc2N(c2ccc(-c3ccc(-c4cccc5ccccc45)cc3)cc2)c2ccccc2-c2cccc3c2c2ccccc2n3-c2ccccc2)cc1. The molecule has 0 unspecified atom stereocenters. The summed E-state index contributed by atoms with van der Waals surface area (Å²) < 4.78 is 2.40. The number of aromatic nitrogens is 1. The van der Waals surface area contributed by atoms with Crippen molar-refractivity contribution in [1.82, 2.24) is 4.57 Å². The van der Waals surface area contributed by atoms with Crippen LogP contribution >= 0.6 is 0 Å². The van der Waals surface area contributed by atoms with Gasteiger partial charge in [-0.2, -0.15) is 0 Å². The van der Waals surface area contributed by atoms with Crippen molar-refractivity contribution >= 4 is 49.6 Å². The third kappa shape index (κ3) is 6.14. The highest BCUT2D eigenvalue weighted by molar-refractivity contribution is 6.17. The van der Waals surface area contributed by atoms with Crippen molar-refractivity contribution in [1.29, 1.82) is 0 Å². The number of rotatable bonds is 8. The smallest absolute Gasteiger partial charge is 0.0547 e. The van der Waals surface area contributed by atoms with Gasteiger partial charge in [-0.05, 0) is 92.7 Å². The molecule has 2 heteroatoms. The summed E-state index contributed by atoms with van der Waals surface area (Å²) in [6.45, 7) is 0. The fourth-order valence-corrected chi connectivity index (χ4v) is 9.06. The van der Waals surface area contributed by atoms with Gasteiger partial charge in [-0.25, -0.2) is 0 Å². The molecule has 0 fully saturated rings. The maximum Gasteiger partial charge on any atom is 0.0547 e. The molecule has 0 aliphatic rings. The zero-order valence-electron chi connectivity index (χ0n) is 33.0. The van der Waals surface area contributed by atoms with Gasteiger partial charge in [-0.1, -0.05) is 194 Å². The first-order valence-electron chi connectivity index (χ1n) is 20.6. The molecule has 0 bridgehead atoms. The van der Waals surface area contributed by atoms with Gasteiger partial charge >= 0.3 is 0 Å². The summed E-state index contributed by atoms with van der Waals surface area (Å²) in [5.41, 5.74) is 16.3. The Bertz CT molecular complexity index is 3280. The van der Waals surface area contributed by atoms with Gasteiger partial charge in [-0.3, -0.25) is 0 Å². The van der Waals surface area contributed by atoms with Gasteiger partial charge in [0.1, 0.15) is 0 Å². The van der Waals surface area contributed by atoms with E-state index in [4.69, 9.17) is 0 Å². The molecule has 0 N–H and O–H groups in total. The number of fused-ring (bicyclic) bond motifs is 4. The lowest BCUT2D eigenvalue weighted by Gasteiger charge is -2.30. The number of hydrogen-bond acceptors (Lipinski definition) is 1. The molecule has 0 aliphatic carbocycles. The number of benzene rings is 10. The van der Waals surface area contributed by atoms with E-state index in [2.05, 4.69) is 252 Å². The third-order valence-electron chi connectivity index (χ3n) is 11.8. The van der Waals surface area contributed by atoms with Crippen molar-refractivity contribution in [2.45, 2.75) is 0 Å². The van der Waals surface area contributed by atoms with Crippen molar-refractivity contribution in [2.24, 2.45) is 0 Å². The molecule has 0 aliphatic heterocycles. The van der Waals surface area contributed by atoms with Crippen LogP contribution in [-0.2, 0) is 0 Å². The largest absolute Gasteiger partial charge is 0.309 e. The topological polar surface area (TPSA) is 8.17 Å². The lowest BCUT2D eigenvalue weighted by Crippen LogP contribution is -2.12. The Morgan fingerprint density at radius 1 is 0.283 bits per heavy atom. The minimum atomic E-state index is 1.08. The van der Waals surface area contributed by atoms with E-state index in [1.165, 1.54) is 71.5 Å². The Morgan fingerprint density at radius 3 is 1.53 bits per heavy atom. The summed E-state index contributed by atoms with van der Waals surface area (Å²) in [5, 5.41) is 4.99. The molecule has 11 rings (SSSR count). The Morgan fingerprint density at radius 2 is 0.767 bits per heavy atom. The van der Waals surface area contributed by atoms with E-state index in [-0.39, 0.29) is 0 Å². The van der Waals surface area contributed by atoms with E-state index < -0.39 is 0 Å². The van der Waals surface area contributed by atoms with Crippen molar-refractivity contribution < 1.29 is 0 Å². The monoisotopic (exact) mass is 764 g/mol. The highest BCUT2D eigenvalue weighted by Crippen LogP contribution is 2.47. The zero-order chi connectivity index (χ0) is 39.8. The van der Waals surface area contributed by atoms with Gasteiger partial charge in [0.2, 0.25) is 0 Å². The molecule has 282 valence electrons. The van der Waals surface area contributed by atoms with Crippen LogP contribution in [0.3, 0.4) is 0 Å². The van der Waals surface area contributed by atoms with Crippen LogP contribution in [-0.4, -0.2) is 4.57 Å². The Hall–Kier alpha value is -7.94. The van der Waals surface area contributed by atoms with Gasteiger partial charge in [-0.15, -0.1) is 0 Å². The number of nitrogens with zero attached hydrogens (tertiary/aromatic N) is 2. The maximum absolute atomic E-state index is 2.44. The second kappa shape index (κ2) is 15.1. The summed E-state index contributed by atoms with van der Waals surface area (Å²) in [7, 11) is 0. The Labute approximate surface area is 350 Å². The predicted octanol–water partition coefficient (Wildman–Crippen LogP) is 16.1. The van der Waals surface area contributed by atoms with Crippen molar-refractivity contribution in [2.75, 3.05) is 4.90 Å². The van der Waals surface area contributed by atoms with Gasteiger partial charge in [0.15, 0.2) is 0 Å². The average Bonchev–Trinajstić information content (AvgIpc) is 3.67. The summed E-state index contributed by atoms with van der Waals surface area (Å²) in [4.78, 5) is 2.44. The average molecular weight is 765 g/mol. The molecule has 2 nitrogen and oxygen atoms in total. The second-order valence-electron chi connectivity index (χ2n) is 15.3. The van der Waals surface area contributed by atoms with Gasteiger partial charge < -0.3 is 9.47 Å². The van der Waals surface area contributed by atoms with E-state index in [9.17, 15) is 0 Å². The minimum Gasteiger partial charge on any atom is -0.309 e. The van der Waals surface area contributed by atoms with E-state index in [1.54, 1.807) is 0 Å². The number of anilines is 3. The lowest BCUT2D eigenvalue weighted by molar-refractivity contribution is 1.18. The molecule has 0 saturated carbocycles. The molecule has 0 atom stereocenters. The van der Waals surface area contributed by atoms with Crippen LogP contribution in [0.5, 0.6) is 0 Å². The van der Waals surface area contributed by atoms with Crippen LogP contribution in [0.4, 0.5) is 17.1 Å². The lowest BCUT2D eigenvalue weighted by atomic mass is 9.95. The first kappa shape index (κ1) is 35.2. The summed E-state index contributed by atoms with van der Waals surface area (Å²) in [6.07, 6.45) is 0. The molecule has 0 radical (unpaired) electrons. The van der Waals surface area contributed by atoms with Gasteiger partial charge in [0.25, 0.3) is 0 Å². The molecule has 11 aromatic rings. The molecular weight excluding hydrogens is 725 g/mol.